The minimum atomic E-state index is -0.182. The molecule has 6 heteroatoms. The molecule has 0 aromatic carbocycles. The SMILES string of the molecule is Cc1cc(=O)cc(C(=O)N2CCCC[C@@H]2CN2CCOCC2)o1. The third-order valence-corrected chi connectivity index (χ3v) is 4.56. The highest BCUT2D eigenvalue weighted by atomic mass is 16.5. The quantitative estimate of drug-likeness (QED) is 0.839. The lowest BCUT2D eigenvalue weighted by Gasteiger charge is -2.39. The van der Waals surface area contributed by atoms with Crippen molar-refractivity contribution >= 4 is 5.91 Å². The van der Waals surface area contributed by atoms with Gasteiger partial charge in [-0.15, -0.1) is 0 Å². The van der Waals surface area contributed by atoms with Crippen LogP contribution < -0.4 is 5.43 Å². The Hall–Kier alpha value is -1.66. The van der Waals surface area contributed by atoms with Crippen LogP contribution in [0, 0.1) is 6.92 Å². The molecule has 3 heterocycles. The molecule has 1 amide bonds. The molecule has 1 aromatic rings. The van der Waals surface area contributed by atoms with E-state index in [0.717, 1.165) is 58.7 Å². The van der Waals surface area contributed by atoms with Crippen LogP contribution in [0.25, 0.3) is 0 Å². The van der Waals surface area contributed by atoms with Crippen molar-refractivity contribution in [2.45, 2.75) is 32.2 Å². The molecule has 23 heavy (non-hydrogen) atoms. The smallest absolute Gasteiger partial charge is 0.290 e. The van der Waals surface area contributed by atoms with Crippen LogP contribution in [0.15, 0.2) is 21.3 Å². The van der Waals surface area contributed by atoms with Crippen LogP contribution >= 0.6 is 0 Å². The summed E-state index contributed by atoms with van der Waals surface area (Å²) in [4.78, 5) is 28.7. The number of piperidine rings is 1. The summed E-state index contributed by atoms with van der Waals surface area (Å²) in [5.74, 6) is 0.468. The zero-order valence-corrected chi connectivity index (χ0v) is 13.6. The van der Waals surface area contributed by atoms with Crippen molar-refractivity contribution in [1.29, 1.82) is 0 Å². The lowest BCUT2D eigenvalue weighted by molar-refractivity contribution is 0.0157. The Balaban J connectivity index is 1.74. The Labute approximate surface area is 136 Å². The van der Waals surface area contributed by atoms with Crippen LogP contribution in [0.3, 0.4) is 0 Å². The molecule has 0 bridgehead atoms. The molecule has 2 fully saturated rings. The number of carbonyl (C=O) groups excluding carboxylic acids is 1. The van der Waals surface area contributed by atoms with Crippen molar-refractivity contribution in [3.8, 4) is 0 Å². The molecular formula is C17H24N2O4. The second kappa shape index (κ2) is 7.27. The number of amides is 1. The third kappa shape index (κ3) is 4.00. The highest BCUT2D eigenvalue weighted by Crippen LogP contribution is 2.21. The Morgan fingerprint density at radius 3 is 2.74 bits per heavy atom. The van der Waals surface area contributed by atoms with Crippen LogP contribution in [0.4, 0.5) is 0 Å². The average Bonchev–Trinajstić information content (AvgIpc) is 2.55. The lowest BCUT2D eigenvalue weighted by atomic mass is 10.0. The summed E-state index contributed by atoms with van der Waals surface area (Å²) in [7, 11) is 0. The molecule has 0 unspecified atom stereocenters. The van der Waals surface area contributed by atoms with Gasteiger partial charge in [-0.3, -0.25) is 14.5 Å². The predicted molar refractivity (Wildman–Crippen MR) is 85.6 cm³/mol. The van der Waals surface area contributed by atoms with Crippen molar-refractivity contribution in [2.75, 3.05) is 39.4 Å². The molecule has 0 spiro atoms. The summed E-state index contributed by atoms with van der Waals surface area (Å²) in [5.41, 5.74) is -0.182. The first-order valence-electron chi connectivity index (χ1n) is 8.36. The summed E-state index contributed by atoms with van der Waals surface area (Å²) in [6.45, 7) is 6.63. The second-order valence-corrected chi connectivity index (χ2v) is 6.33. The molecule has 6 nitrogen and oxygen atoms in total. The first-order chi connectivity index (χ1) is 11.1. The van der Waals surface area contributed by atoms with Gasteiger partial charge in [0.05, 0.1) is 13.2 Å². The maximum Gasteiger partial charge on any atom is 0.290 e. The molecular weight excluding hydrogens is 296 g/mol. The number of likely N-dealkylation sites (tertiary alicyclic amines) is 1. The predicted octanol–water partition coefficient (Wildman–Crippen LogP) is 1.28. The summed E-state index contributed by atoms with van der Waals surface area (Å²) >= 11 is 0. The van der Waals surface area contributed by atoms with E-state index in [1.54, 1.807) is 6.92 Å². The van der Waals surface area contributed by atoms with Gasteiger partial charge >= 0.3 is 0 Å². The van der Waals surface area contributed by atoms with Crippen molar-refractivity contribution in [3.05, 3.63) is 33.9 Å². The van der Waals surface area contributed by atoms with Crippen molar-refractivity contribution in [1.82, 2.24) is 9.80 Å². The summed E-state index contributed by atoms with van der Waals surface area (Å²) in [6, 6.07) is 2.88. The lowest BCUT2D eigenvalue weighted by Crippen LogP contribution is -2.51. The van der Waals surface area contributed by atoms with Gasteiger partial charge in [0.2, 0.25) is 0 Å². The van der Waals surface area contributed by atoms with E-state index in [1.165, 1.54) is 12.1 Å². The van der Waals surface area contributed by atoms with Gasteiger partial charge in [0, 0.05) is 44.4 Å². The number of hydrogen-bond acceptors (Lipinski definition) is 5. The van der Waals surface area contributed by atoms with Crippen LogP contribution in [-0.4, -0.2) is 61.1 Å². The van der Waals surface area contributed by atoms with Crippen molar-refractivity contribution in [2.24, 2.45) is 0 Å². The van der Waals surface area contributed by atoms with Crippen LogP contribution in [0.1, 0.15) is 35.6 Å². The summed E-state index contributed by atoms with van der Waals surface area (Å²) < 4.78 is 10.9. The minimum absolute atomic E-state index is 0.156. The standard InChI is InChI=1S/C17H24N2O4/c1-13-10-15(20)11-16(23-13)17(21)19-5-3-2-4-14(19)12-18-6-8-22-9-7-18/h10-11,14H,2-9,12H2,1H3/t14-/m1/s1. The topological polar surface area (TPSA) is 63.0 Å². The zero-order chi connectivity index (χ0) is 16.2. The number of morpholine rings is 1. The molecule has 1 atom stereocenters. The van der Waals surface area contributed by atoms with E-state index in [2.05, 4.69) is 4.90 Å². The van der Waals surface area contributed by atoms with Crippen molar-refractivity contribution < 1.29 is 13.9 Å². The van der Waals surface area contributed by atoms with Gasteiger partial charge in [-0.2, -0.15) is 0 Å². The van der Waals surface area contributed by atoms with E-state index in [9.17, 15) is 9.59 Å². The Kier molecular flexibility index (Phi) is 5.13. The van der Waals surface area contributed by atoms with Gasteiger partial charge < -0.3 is 14.1 Å². The molecule has 0 saturated carbocycles. The van der Waals surface area contributed by atoms with E-state index >= 15 is 0 Å². The fraction of sp³-hybridized carbons (Fsp3) is 0.647. The first kappa shape index (κ1) is 16.2. The Morgan fingerprint density at radius 2 is 2.00 bits per heavy atom. The van der Waals surface area contributed by atoms with Gasteiger partial charge in [-0.25, -0.2) is 0 Å². The number of carbonyl (C=O) groups is 1. The normalized spacial score (nSPS) is 23.0. The monoisotopic (exact) mass is 320 g/mol. The molecule has 3 rings (SSSR count). The molecule has 1 aromatic heterocycles. The molecule has 2 aliphatic heterocycles. The molecule has 126 valence electrons. The maximum atomic E-state index is 12.8. The number of hydrogen-bond donors (Lipinski definition) is 0. The van der Waals surface area contributed by atoms with Gasteiger partial charge in [0.1, 0.15) is 5.76 Å². The fourth-order valence-corrected chi connectivity index (χ4v) is 3.39. The average molecular weight is 320 g/mol. The molecule has 0 aliphatic carbocycles. The maximum absolute atomic E-state index is 12.8. The summed E-state index contributed by atoms with van der Waals surface area (Å²) in [6.07, 6.45) is 3.14. The Morgan fingerprint density at radius 1 is 1.22 bits per heavy atom. The largest absolute Gasteiger partial charge is 0.456 e. The zero-order valence-electron chi connectivity index (χ0n) is 13.6. The minimum Gasteiger partial charge on any atom is -0.456 e. The fourth-order valence-electron chi connectivity index (χ4n) is 3.39. The number of nitrogens with zero attached hydrogens (tertiary/aromatic N) is 2. The Bertz CT molecular complexity index is 607. The van der Waals surface area contributed by atoms with Crippen LogP contribution in [0.2, 0.25) is 0 Å². The van der Waals surface area contributed by atoms with Gasteiger partial charge in [-0.05, 0) is 26.2 Å². The van der Waals surface area contributed by atoms with Crippen LogP contribution in [0.5, 0.6) is 0 Å². The number of ether oxygens (including phenoxy) is 1. The highest BCUT2D eigenvalue weighted by Gasteiger charge is 2.30. The van der Waals surface area contributed by atoms with Crippen molar-refractivity contribution in [3.63, 3.8) is 0 Å². The van der Waals surface area contributed by atoms with Gasteiger partial charge in [0.15, 0.2) is 11.2 Å². The van der Waals surface area contributed by atoms with Gasteiger partial charge in [-0.1, -0.05) is 0 Å². The van der Waals surface area contributed by atoms with Gasteiger partial charge in [0.25, 0.3) is 5.91 Å². The van der Waals surface area contributed by atoms with E-state index in [-0.39, 0.29) is 23.1 Å². The second-order valence-electron chi connectivity index (χ2n) is 6.33. The summed E-state index contributed by atoms with van der Waals surface area (Å²) in [5, 5.41) is 0. The number of rotatable bonds is 3. The molecule has 2 aliphatic rings. The first-order valence-corrected chi connectivity index (χ1v) is 8.36. The van der Waals surface area contributed by atoms with E-state index < -0.39 is 0 Å². The molecule has 2 saturated heterocycles. The van der Waals surface area contributed by atoms with E-state index in [4.69, 9.17) is 9.15 Å². The third-order valence-electron chi connectivity index (χ3n) is 4.56. The van der Waals surface area contributed by atoms with E-state index in [1.807, 2.05) is 4.90 Å². The van der Waals surface area contributed by atoms with Crippen LogP contribution in [-0.2, 0) is 4.74 Å². The van der Waals surface area contributed by atoms with E-state index in [0.29, 0.717) is 5.76 Å². The highest BCUT2D eigenvalue weighted by molar-refractivity contribution is 5.91. The molecule has 0 N–H and O–H groups in total. The molecule has 0 radical (unpaired) electrons. The number of aryl methyl sites for hydroxylation is 1.